The number of Topliss-reactive ketones (excluding diaryl/α,β-unsaturated/α-hetero) is 1. The van der Waals surface area contributed by atoms with Crippen molar-refractivity contribution in [2.45, 2.75) is 13.5 Å². The van der Waals surface area contributed by atoms with Crippen LogP contribution in [0.2, 0.25) is 0 Å². The molecule has 1 N–H and O–H groups in total. The van der Waals surface area contributed by atoms with Gasteiger partial charge in [-0.1, -0.05) is 0 Å². The van der Waals surface area contributed by atoms with E-state index in [9.17, 15) is 9.59 Å². The second kappa shape index (κ2) is 3.24. The molecule has 0 spiro atoms. The molecule has 1 aromatic heterocycles. The first-order valence-electron chi connectivity index (χ1n) is 4.24. The number of ketones is 1. The van der Waals surface area contributed by atoms with Crippen LogP contribution >= 0.6 is 15.9 Å². The van der Waals surface area contributed by atoms with Gasteiger partial charge >= 0.3 is 0 Å². The largest absolute Gasteiger partial charge is 0.351 e. The Morgan fingerprint density at radius 1 is 1.57 bits per heavy atom. The maximum atomic E-state index is 11.6. The lowest BCUT2D eigenvalue weighted by molar-refractivity contribution is -0.129. The Bertz CT molecular complexity index is 411. The number of hydrogen-bond acceptors (Lipinski definition) is 2. The molecule has 0 unspecified atom stereocenters. The van der Waals surface area contributed by atoms with Gasteiger partial charge in [-0.15, -0.1) is 0 Å². The third kappa shape index (κ3) is 1.48. The average Bonchev–Trinajstić information content (AvgIpc) is 2.45. The highest BCUT2D eigenvalue weighted by Gasteiger charge is 2.26. The predicted molar refractivity (Wildman–Crippen MR) is 53.9 cm³/mol. The zero-order valence-corrected chi connectivity index (χ0v) is 9.22. The fraction of sp³-hybridized carbons (Fsp3) is 0.333. The van der Waals surface area contributed by atoms with Crippen LogP contribution < -0.4 is 0 Å². The summed E-state index contributed by atoms with van der Waals surface area (Å²) < 4.78 is 0.779. The molecule has 4 nitrogen and oxygen atoms in total. The summed E-state index contributed by atoms with van der Waals surface area (Å²) in [6.45, 7) is 2.14. The minimum atomic E-state index is -0.0743. The number of carbonyl (C=O) groups is 2. The number of fused-ring (bicyclic) bond motifs is 1. The summed E-state index contributed by atoms with van der Waals surface area (Å²) >= 11 is 3.27. The zero-order valence-electron chi connectivity index (χ0n) is 7.63. The molecule has 5 heteroatoms. The molecule has 1 aliphatic rings. The summed E-state index contributed by atoms with van der Waals surface area (Å²) in [7, 11) is 0. The molecular formula is C9H9BrN2O2. The van der Waals surface area contributed by atoms with Crippen molar-refractivity contribution in [1.82, 2.24) is 9.88 Å². The third-order valence-corrected chi connectivity index (χ3v) is 2.72. The molecule has 74 valence electrons. The maximum absolute atomic E-state index is 11.6. The van der Waals surface area contributed by atoms with Crippen LogP contribution in [0.4, 0.5) is 0 Å². The molecule has 0 fully saturated rings. The van der Waals surface area contributed by atoms with Crippen molar-refractivity contribution < 1.29 is 9.59 Å². The Kier molecular flexibility index (Phi) is 2.19. The van der Waals surface area contributed by atoms with Gasteiger partial charge in [0, 0.05) is 18.2 Å². The van der Waals surface area contributed by atoms with Crippen LogP contribution in [-0.4, -0.2) is 28.1 Å². The number of H-pyrrole nitrogens is 1. The molecule has 0 saturated carbocycles. The second-order valence-corrected chi connectivity index (χ2v) is 4.16. The van der Waals surface area contributed by atoms with Crippen molar-refractivity contribution in [3.05, 3.63) is 21.9 Å². The third-order valence-electron chi connectivity index (χ3n) is 2.30. The number of hydrogen-bond donors (Lipinski definition) is 1. The number of aromatic nitrogens is 1. The van der Waals surface area contributed by atoms with E-state index in [1.807, 2.05) is 0 Å². The second-order valence-electron chi connectivity index (χ2n) is 3.31. The number of halogens is 1. The van der Waals surface area contributed by atoms with E-state index in [0.717, 1.165) is 10.3 Å². The number of nitrogens with zero attached hydrogens (tertiary/aromatic N) is 1. The maximum Gasteiger partial charge on any atom is 0.220 e. The lowest BCUT2D eigenvalue weighted by Crippen LogP contribution is -2.37. The Morgan fingerprint density at radius 2 is 2.29 bits per heavy atom. The summed E-state index contributed by atoms with van der Waals surface area (Å²) in [5, 5.41) is 0. The molecule has 0 aromatic carbocycles. The van der Waals surface area contributed by atoms with Gasteiger partial charge in [0.1, 0.15) is 0 Å². The SMILES string of the molecule is CC(=O)N1CC(=O)c2cc(Br)[nH]c2C1. The van der Waals surface area contributed by atoms with Gasteiger partial charge in [-0.3, -0.25) is 9.59 Å². The topological polar surface area (TPSA) is 53.2 Å². The van der Waals surface area contributed by atoms with Gasteiger partial charge in [0.2, 0.25) is 5.91 Å². The van der Waals surface area contributed by atoms with Crippen LogP contribution in [0.5, 0.6) is 0 Å². The van der Waals surface area contributed by atoms with Gasteiger partial charge in [-0.05, 0) is 22.0 Å². The normalized spacial score (nSPS) is 15.6. The molecular weight excluding hydrogens is 248 g/mol. The Hall–Kier alpha value is -1.10. The van der Waals surface area contributed by atoms with Crippen LogP contribution in [0, 0.1) is 0 Å². The molecule has 14 heavy (non-hydrogen) atoms. The first kappa shape index (κ1) is 9.45. The Balaban J connectivity index is 2.37. The molecule has 0 atom stereocenters. The monoisotopic (exact) mass is 256 g/mol. The lowest BCUT2D eigenvalue weighted by Gasteiger charge is -2.24. The molecule has 1 amide bonds. The van der Waals surface area contributed by atoms with E-state index in [4.69, 9.17) is 0 Å². The number of nitrogens with one attached hydrogen (secondary N) is 1. The summed E-state index contributed by atoms with van der Waals surface area (Å²) in [5.41, 5.74) is 1.50. The van der Waals surface area contributed by atoms with Gasteiger partial charge in [0.25, 0.3) is 0 Å². The minimum Gasteiger partial charge on any atom is -0.351 e. The number of carbonyl (C=O) groups excluding carboxylic acids is 2. The van der Waals surface area contributed by atoms with Crippen LogP contribution in [0.15, 0.2) is 10.7 Å². The first-order valence-corrected chi connectivity index (χ1v) is 5.03. The average molecular weight is 257 g/mol. The van der Waals surface area contributed by atoms with E-state index >= 15 is 0 Å². The molecule has 2 rings (SSSR count). The Morgan fingerprint density at radius 3 is 2.93 bits per heavy atom. The van der Waals surface area contributed by atoms with Gasteiger partial charge in [0.05, 0.1) is 17.7 Å². The molecule has 0 aliphatic carbocycles. The molecule has 2 heterocycles. The highest BCUT2D eigenvalue weighted by Crippen LogP contribution is 2.22. The molecule has 1 aromatic rings. The van der Waals surface area contributed by atoms with E-state index in [0.29, 0.717) is 12.1 Å². The number of aromatic amines is 1. The van der Waals surface area contributed by atoms with Gasteiger partial charge in [0.15, 0.2) is 5.78 Å². The quantitative estimate of drug-likeness (QED) is 0.762. The fourth-order valence-electron chi connectivity index (χ4n) is 1.56. The minimum absolute atomic E-state index is 0.0107. The number of rotatable bonds is 0. The van der Waals surface area contributed by atoms with Crippen molar-refractivity contribution >= 4 is 27.6 Å². The van der Waals surface area contributed by atoms with Crippen LogP contribution in [-0.2, 0) is 11.3 Å². The highest BCUT2D eigenvalue weighted by molar-refractivity contribution is 9.10. The van der Waals surface area contributed by atoms with Gasteiger partial charge in [-0.25, -0.2) is 0 Å². The smallest absolute Gasteiger partial charge is 0.220 e. The fourth-order valence-corrected chi connectivity index (χ4v) is 2.03. The summed E-state index contributed by atoms with van der Waals surface area (Å²) in [6, 6.07) is 1.76. The van der Waals surface area contributed by atoms with E-state index in [2.05, 4.69) is 20.9 Å². The van der Waals surface area contributed by atoms with Gasteiger partial charge in [-0.2, -0.15) is 0 Å². The van der Waals surface area contributed by atoms with Crippen molar-refractivity contribution in [3.63, 3.8) is 0 Å². The summed E-state index contributed by atoms with van der Waals surface area (Å²) in [4.78, 5) is 27.2. The van der Waals surface area contributed by atoms with Crippen molar-refractivity contribution in [2.75, 3.05) is 6.54 Å². The van der Waals surface area contributed by atoms with E-state index < -0.39 is 0 Å². The molecule has 0 saturated heterocycles. The summed E-state index contributed by atoms with van der Waals surface area (Å²) in [5.74, 6) is -0.0851. The van der Waals surface area contributed by atoms with E-state index in [-0.39, 0.29) is 18.2 Å². The van der Waals surface area contributed by atoms with Crippen LogP contribution in [0.1, 0.15) is 23.0 Å². The zero-order chi connectivity index (χ0) is 10.3. The van der Waals surface area contributed by atoms with Crippen molar-refractivity contribution in [3.8, 4) is 0 Å². The van der Waals surface area contributed by atoms with Crippen LogP contribution in [0.25, 0.3) is 0 Å². The standard InChI is InChI=1S/C9H9BrN2O2/c1-5(13)12-3-7-6(8(14)4-12)2-9(10)11-7/h2,11H,3-4H2,1H3. The molecule has 0 bridgehead atoms. The first-order chi connectivity index (χ1) is 6.58. The van der Waals surface area contributed by atoms with E-state index in [1.54, 1.807) is 6.07 Å². The molecule has 0 radical (unpaired) electrons. The highest BCUT2D eigenvalue weighted by atomic mass is 79.9. The summed E-state index contributed by atoms with van der Waals surface area (Å²) in [6.07, 6.45) is 0. The lowest BCUT2D eigenvalue weighted by atomic mass is 10.1. The van der Waals surface area contributed by atoms with Crippen LogP contribution in [0.3, 0.4) is 0 Å². The number of amides is 1. The Labute approximate surface area is 89.4 Å². The van der Waals surface area contributed by atoms with Gasteiger partial charge < -0.3 is 9.88 Å². The van der Waals surface area contributed by atoms with Crippen molar-refractivity contribution in [1.29, 1.82) is 0 Å². The van der Waals surface area contributed by atoms with E-state index in [1.165, 1.54) is 11.8 Å². The molecule has 1 aliphatic heterocycles. The van der Waals surface area contributed by atoms with Crippen molar-refractivity contribution in [2.24, 2.45) is 0 Å². The predicted octanol–water partition coefficient (Wildman–Crippen LogP) is 1.32.